The number of tetrazole rings is 1. The number of aromatic amines is 2. The van der Waals surface area contributed by atoms with E-state index < -0.39 is 0 Å². The molecule has 0 atom stereocenters. The Bertz CT molecular complexity index is 609. The molecule has 0 spiro atoms. The first-order valence-corrected chi connectivity index (χ1v) is 4.99. The molecule has 0 aliphatic rings. The Hall–Kier alpha value is -2.24. The van der Waals surface area contributed by atoms with E-state index in [4.69, 9.17) is 0 Å². The Labute approximate surface area is 91.1 Å². The van der Waals surface area contributed by atoms with Crippen LogP contribution in [0.25, 0.3) is 11.0 Å². The fourth-order valence-corrected chi connectivity index (χ4v) is 1.67. The molecule has 0 saturated heterocycles. The summed E-state index contributed by atoms with van der Waals surface area (Å²) in [4.78, 5) is 7.69. The summed E-state index contributed by atoms with van der Waals surface area (Å²) in [6.45, 7) is 2.05. The van der Waals surface area contributed by atoms with Crippen LogP contribution in [0.2, 0.25) is 0 Å². The predicted octanol–water partition coefficient (Wildman–Crippen LogP) is 0.975. The van der Waals surface area contributed by atoms with Crippen molar-refractivity contribution in [3.63, 3.8) is 0 Å². The van der Waals surface area contributed by atoms with Crippen LogP contribution >= 0.6 is 0 Å². The summed E-state index contributed by atoms with van der Waals surface area (Å²) in [5, 5.41) is 13.7. The molecule has 80 valence electrons. The van der Waals surface area contributed by atoms with Crippen LogP contribution < -0.4 is 0 Å². The predicted molar refractivity (Wildman–Crippen MR) is 57.8 cm³/mol. The number of fused-ring (bicyclic) bond motifs is 1. The third kappa shape index (κ3) is 1.54. The van der Waals surface area contributed by atoms with Gasteiger partial charge in [0, 0.05) is 0 Å². The van der Waals surface area contributed by atoms with Gasteiger partial charge in [-0.3, -0.25) is 0 Å². The zero-order chi connectivity index (χ0) is 11.0. The highest BCUT2D eigenvalue weighted by atomic mass is 15.5. The van der Waals surface area contributed by atoms with Gasteiger partial charge in [0.1, 0.15) is 5.82 Å². The van der Waals surface area contributed by atoms with Crippen LogP contribution in [0.15, 0.2) is 18.2 Å². The van der Waals surface area contributed by atoms with Crippen LogP contribution in [0.5, 0.6) is 0 Å². The van der Waals surface area contributed by atoms with E-state index in [2.05, 4.69) is 43.6 Å². The SMILES string of the molecule is Cc1ccc2nc(Cc3nn[nH]n3)[nH]c2c1. The van der Waals surface area contributed by atoms with Crippen molar-refractivity contribution < 1.29 is 0 Å². The molecule has 0 fully saturated rings. The number of H-pyrrole nitrogens is 2. The molecule has 0 bridgehead atoms. The molecular weight excluding hydrogens is 204 g/mol. The van der Waals surface area contributed by atoms with Gasteiger partial charge in [0.15, 0.2) is 5.82 Å². The van der Waals surface area contributed by atoms with Gasteiger partial charge in [-0.15, -0.1) is 10.2 Å². The lowest BCUT2D eigenvalue weighted by Crippen LogP contribution is -1.93. The normalized spacial score (nSPS) is 11.1. The Morgan fingerprint density at radius 2 is 2.25 bits per heavy atom. The molecule has 1 aromatic carbocycles. The maximum atomic E-state index is 4.45. The number of nitrogens with zero attached hydrogens (tertiary/aromatic N) is 4. The van der Waals surface area contributed by atoms with Crippen molar-refractivity contribution in [1.82, 2.24) is 30.6 Å². The van der Waals surface area contributed by atoms with E-state index in [0.717, 1.165) is 16.9 Å². The van der Waals surface area contributed by atoms with Gasteiger partial charge in [-0.25, -0.2) is 4.98 Å². The zero-order valence-electron chi connectivity index (χ0n) is 8.73. The molecule has 16 heavy (non-hydrogen) atoms. The van der Waals surface area contributed by atoms with E-state index in [1.165, 1.54) is 5.56 Å². The Balaban J connectivity index is 1.99. The van der Waals surface area contributed by atoms with Gasteiger partial charge in [0.05, 0.1) is 17.5 Å². The molecule has 0 aliphatic heterocycles. The summed E-state index contributed by atoms with van der Waals surface area (Å²) in [6.07, 6.45) is 0.560. The minimum Gasteiger partial charge on any atom is -0.342 e. The lowest BCUT2D eigenvalue weighted by Gasteiger charge is -1.89. The summed E-state index contributed by atoms with van der Waals surface area (Å²) in [6, 6.07) is 6.12. The number of benzene rings is 1. The Kier molecular flexibility index (Phi) is 1.92. The second-order valence-corrected chi connectivity index (χ2v) is 3.71. The van der Waals surface area contributed by atoms with Crippen molar-refractivity contribution in [3.8, 4) is 0 Å². The average molecular weight is 214 g/mol. The van der Waals surface area contributed by atoms with Crippen LogP contribution in [0.3, 0.4) is 0 Å². The summed E-state index contributed by atoms with van der Waals surface area (Å²) in [5.74, 6) is 1.48. The van der Waals surface area contributed by atoms with Crippen LogP contribution in [0.4, 0.5) is 0 Å². The molecule has 0 aliphatic carbocycles. The van der Waals surface area contributed by atoms with Crippen LogP contribution in [0.1, 0.15) is 17.2 Å². The van der Waals surface area contributed by atoms with Crippen LogP contribution in [-0.2, 0) is 6.42 Å². The van der Waals surface area contributed by atoms with Crippen molar-refractivity contribution in [2.45, 2.75) is 13.3 Å². The lowest BCUT2D eigenvalue weighted by atomic mass is 10.2. The van der Waals surface area contributed by atoms with E-state index in [1.54, 1.807) is 0 Å². The first kappa shape index (κ1) is 9.02. The molecule has 2 aromatic heterocycles. The third-order valence-corrected chi connectivity index (χ3v) is 2.40. The van der Waals surface area contributed by atoms with Gasteiger partial charge < -0.3 is 4.98 Å². The number of hydrogen-bond donors (Lipinski definition) is 2. The summed E-state index contributed by atoms with van der Waals surface area (Å²) < 4.78 is 0. The molecule has 0 unspecified atom stereocenters. The first-order valence-electron chi connectivity index (χ1n) is 4.99. The molecule has 2 heterocycles. The van der Waals surface area contributed by atoms with Crippen molar-refractivity contribution >= 4 is 11.0 Å². The second-order valence-electron chi connectivity index (χ2n) is 3.71. The fourth-order valence-electron chi connectivity index (χ4n) is 1.67. The largest absolute Gasteiger partial charge is 0.342 e. The Morgan fingerprint density at radius 1 is 1.31 bits per heavy atom. The van der Waals surface area contributed by atoms with Crippen molar-refractivity contribution in [3.05, 3.63) is 35.4 Å². The lowest BCUT2D eigenvalue weighted by molar-refractivity contribution is 0.881. The standard InChI is InChI=1S/C10H10N6/c1-6-2-3-7-8(4-6)12-9(11-7)5-10-13-15-16-14-10/h2-4H,5H2,1H3,(H,11,12)(H,13,14,15,16). The Morgan fingerprint density at radius 3 is 3.06 bits per heavy atom. The van der Waals surface area contributed by atoms with Gasteiger partial charge in [0.2, 0.25) is 0 Å². The number of hydrogen-bond acceptors (Lipinski definition) is 4. The highest BCUT2D eigenvalue weighted by Gasteiger charge is 2.06. The van der Waals surface area contributed by atoms with Gasteiger partial charge in [-0.1, -0.05) is 11.3 Å². The van der Waals surface area contributed by atoms with E-state index >= 15 is 0 Å². The molecule has 0 amide bonds. The minimum atomic E-state index is 0.560. The molecule has 3 rings (SSSR count). The minimum absolute atomic E-state index is 0.560. The summed E-state index contributed by atoms with van der Waals surface area (Å²) in [5.41, 5.74) is 3.21. The maximum Gasteiger partial charge on any atom is 0.182 e. The average Bonchev–Trinajstić information content (AvgIpc) is 2.86. The van der Waals surface area contributed by atoms with E-state index in [9.17, 15) is 0 Å². The molecule has 0 saturated carbocycles. The number of aryl methyl sites for hydroxylation is 1. The van der Waals surface area contributed by atoms with Crippen molar-refractivity contribution in [1.29, 1.82) is 0 Å². The topological polar surface area (TPSA) is 83.1 Å². The van der Waals surface area contributed by atoms with Gasteiger partial charge in [-0.2, -0.15) is 5.21 Å². The molecule has 3 aromatic rings. The van der Waals surface area contributed by atoms with Crippen LogP contribution in [0, 0.1) is 6.92 Å². The smallest absolute Gasteiger partial charge is 0.182 e. The number of nitrogens with one attached hydrogen (secondary N) is 2. The maximum absolute atomic E-state index is 4.45. The molecular formula is C10H10N6. The highest BCUT2D eigenvalue weighted by Crippen LogP contribution is 2.14. The quantitative estimate of drug-likeness (QED) is 0.666. The second kappa shape index (κ2) is 3.41. The fraction of sp³-hybridized carbons (Fsp3) is 0.200. The third-order valence-electron chi connectivity index (χ3n) is 2.40. The highest BCUT2D eigenvalue weighted by molar-refractivity contribution is 5.75. The number of rotatable bonds is 2. The van der Waals surface area contributed by atoms with E-state index in [-0.39, 0.29) is 0 Å². The molecule has 6 nitrogen and oxygen atoms in total. The van der Waals surface area contributed by atoms with Gasteiger partial charge in [-0.05, 0) is 24.6 Å². The summed E-state index contributed by atoms with van der Waals surface area (Å²) in [7, 11) is 0. The first-order chi connectivity index (χ1) is 7.81. The molecule has 0 radical (unpaired) electrons. The van der Waals surface area contributed by atoms with E-state index in [1.807, 2.05) is 12.1 Å². The van der Waals surface area contributed by atoms with Gasteiger partial charge >= 0.3 is 0 Å². The monoisotopic (exact) mass is 214 g/mol. The van der Waals surface area contributed by atoms with E-state index in [0.29, 0.717) is 12.2 Å². The molecule has 2 N–H and O–H groups in total. The molecule has 6 heteroatoms. The number of aromatic nitrogens is 6. The van der Waals surface area contributed by atoms with Crippen molar-refractivity contribution in [2.24, 2.45) is 0 Å². The number of imidazole rings is 1. The van der Waals surface area contributed by atoms with Crippen molar-refractivity contribution in [2.75, 3.05) is 0 Å². The van der Waals surface area contributed by atoms with Gasteiger partial charge in [0.25, 0.3) is 0 Å². The van der Waals surface area contributed by atoms with Crippen LogP contribution in [-0.4, -0.2) is 30.6 Å². The zero-order valence-corrected chi connectivity index (χ0v) is 8.73. The summed E-state index contributed by atoms with van der Waals surface area (Å²) >= 11 is 0.